The lowest BCUT2D eigenvalue weighted by Gasteiger charge is -2.20. The van der Waals surface area contributed by atoms with Gasteiger partial charge in [0.1, 0.15) is 23.5 Å². The number of hydrogen-bond acceptors (Lipinski definition) is 10. The zero-order valence-electron chi connectivity index (χ0n) is 28.1. The summed E-state index contributed by atoms with van der Waals surface area (Å²) in [5, 5.41) is 17.5. The van der Waals surface area contributed by atoms with E-state index in [4.69, 9.17) is 14.2 Å². The summed E-state index contributed by atoms with van der Waals surface area (Å²) in [6.45, 7) is 5.04. The van der Waals surface area contributed by atoms with Crippen molar-refractivity contribution in [2.45, 2.75) is 58.1 Å². The number of ketones is 1. The number of ether oxygens (including phenoxy) is 4. The lowest BCUT2D eigenvalue weighted by Crippen LogP contribution is -2.38. The van der Waals surface area contributed by atoms with Gasteiger partial charge < -0.3 is 34.7 Å². The largest absolute Gasteiger partial charge is 0.507 e. The Labute approximate surface area is 284 Å². The maximum absolute atomic E-state index is 13.0. The average molecular weight is 675 g/mol. The van der Waals surface area contributed by atoms with E-state index in [2.05, 4.69) is 27.5 Å². The molecule has 2 aromatic rings. The molecule has 2 amide bonds. The number of aromatic hydroxyl groups is 1. The van der Waals surface area contributed by atoms with Crippen LogP contribution >= 0.6 is 0 Å². The summed E-state index contributed by atoms with van der Waals surface area (Å²) >= 11 is 0. The van der Waals surface area contributed by atoms with Crippen LogP contribution in [0.2, 0.25) is 0 Å². The number of esters is 2. The van der Waals surface area contributed by atoms with Crippen molar-refractivity contribution in [1.82, 2.24) is 10.6 Å². The minimum atomic E-state index is -0.826. The summed E-state index contributed by atoms with van der Waals surface area (Å²) in [5.74, 6) is -2.54. The topological polar surface area (TPSA) is 167 Å². The molecule has 2 atom stereocenters. The van der Waals surface area contributed by atoms with E-state index in [9.17, 15) is 29.1 Å². The Kier molecular flexibility index (Phi) is 12.4. The molecular formula is C37H42N2O10. The van der Waals surface area contributed by atoms with Gasteiger partial charge in [-0.2, -0.15) is 0 Å². The van der Waals surface area contributed by atoms with E-state index in [1.165, 1.54) is 12.1 Å². The number of amides is 2. The summed E-state index contributed by atoms with van der Waals surface area (Å²) < 4.78 is 20.7. The summed E-state index contributed by atoms with van der Waals surface area (Å²) in [6.07, 6.45) is 7.96. The van der Waals surface area contributed by atoms with Crippen LogP contribution < -0.4 is 21.1 Å². The van der Waals surface area contributed by atoms with Gasteiger partial charge in [0.15, 0.2) is 12.4 Å². The van der Waals surface area contributed by atoms with Crippen molar-refractivity contribution in [3.8, 4) is 5.75 Å². The van der Waals surface area contributed by atoms with Crippen LogP contribution in [0.4, 0.5) is 9.59 Å². The standard InChI is InChI=1S/C37H42N2O10/c1-37(2,3)49-35(44)38-18-10-9-11-24(20-33(42)47-22-32(41)23-16-17-31(40)29(19-23)34(43)46-4)39-36(45)48-21-30-27-14-7-5-12-25(27)26-13-6-8-15-28(26)30/h5-8,12-17,19,24,27,40H,9-11,18,20-22H2,1-4H3,(H,38,44)(H,39,45). The molecule has 0 saturated carbocycles. The van der Waals surface area contributed by atoms with Crippen molar-refractivity contribution < 1.29 is 48.0 Å². The maximum Gasteiger partial charge on any atom is 0.407 e. The van der Waals surface area contributed by atoms with Crippen molar-refractivity contribution in [2.75, 3.05) is 26.9 Å². The zero-order chi connectivity index (χ0) is 35.6. The second-order valence-electron chi connectivity index (χ2n) is 12.6. The van der Waals surface area contributed by atoms with Crippen LogP contribution in [0.1, 0.15) is 67.2 Å². The van der Waals surface area contributed by atoms with Gasteiger partial charge in [-0.3, -0.25) is 9.59 Å². The molecule has 12 nitrogen and oxygen atoms in total. The number of fused-ring (bicyclic) bond motifs is 2. The van der Waals surface area contributed by atoms with E-state index in [0.717, 1.165) is 34.8 Å². The molecule has 2 aliphatic carbocycles. The number of methoxy groups -OCH3 is 1. The Morgan fingerprint density at radius 3 is 2.43 bits per heavy atom. The van der Waals surface area contributed by atoms with Gasteiger partial charge in [-0.1, -0.05) is 48.6 Å². The fourth-order valence-electron chi connectivity index (χ4n) is 5.52. The Balaban J connectivity index is 1.35. The molecule has 0 aliphatic heterocycles. The van der Waals surface area contributed by atoms with Crippen LogP contribution in [0, 0.1) is 5.92 Å². The maximum atomic E-state index is 13.0. The summed E-state index contributed by atoms with van der Waals surface area (Å²) in [6, 6.07) is 10.9. The van der Waals surface area contributed by atoms with E-state index in [0.29, 0.717) is 25.8 Å². The van der Waals surface area contributed by atoms with Crippen molar-refractivity contribution in [2.24, 2.45) is 5.92 Å². The van der Waals surface area contributed by atoms with Gasteiger partial charge in [-0.15, -0.1) is 0 Å². The molecule has 0 heterocycles. The lowest BCUT2D eigenvalue weighted by molar-refractivity contribution is -0.143. The minimum Gasteiger partial charge on any atom is -0.507 e. The van der Waals surface area contributed by atoms with E-state index in [1.54, 1.807) is 20.8 Å². The van der Waals surface area contributed by atoms with Crippen molar-refractivity contribution >= 4 is 41.1 Å². The highest BCUT2D eigenvalue weighted by atomic mass is 16.6. The number of allylic oxidation sites excluding steroid dienone is 4. The van der Waals surface area contributed by atoms with Gasteiger partial charge in [-0.25, -0.2) is 14.4 Å². The monoisotopic (exact) mass is 674 g/mol. The van der Waals surface area contributed by atoms with E-state index in [-0.39, 0.29) is 35.8 Å². The summed E-state index contributed by atoms with van der Waals surface area (Å²) in [7, 11) is 1.14. The molecule has 0 bridgehead atoms. The Morgan fingerprint density at radius 2 is 1.69 bits per heavy atom. The normalized spacial score (nSPS) is 15.1. The highest BCUT2D eigenvalue weighted by molar-refractivity contribution is 6.01. The van der Waals surface area contributed by atoms with Crippen LogP contribution in [0.25, 0.3) is 11.1 Å². The molecule has 4 rings (SSSR count). The fraction of sp³-hybridized carbons (Fsp3) is 0.378. The third-order valence-corrected chi connectivity index (χ3v) is 7.81. The number of phenols is 1. The second kappa shape index (κ2) is 16.6. The van der Waals surface area contributed by atoms with Crippen molar-refractivity contribution in [3.05, 3.63) is 88.3 Å². The van der Waals surface area contributed by atoms with Crippen molar-refractivity contribution in [1.29, 1.82) is 0 Å². The number of benzene rings is 2. The third kappa shape index (κ3) is 10.3. The van der Waals surface area contributed by atoms with Crippen molar-refractivity contribution in [3.63, 3.8) is 0 Å². The zero-order valence-corrected chi connectivity index (χ0v) is 28.1. The number of nitrogens with one attached hydrogen (secondary N) is 2. The molecule has 0 saturated heterocycles. The van der Waals surface area contributed by atoms with Crippen LogP contribution in [-0.2, 0) is 23.7 Å². The smallest absolute Gasteiger partial charge is 0.407 e. The number of hydrogen-bond donors (Lipinski definition) is 3. The number of Topliss-reactive ketones (excluding diaryl/α,β-unsaturated/α-hetero) is 1. The SMILES string of the molecule is COC(=O)c1cc(C(=O)COC(=O)CC(CCCCNC(=O)OC(C)(C)C)NC(=O)OCC2=c3ccccc3=C3C=CC=CC32)ccc1O. The Bertz CT molecular complexity index is 1770. The van der Waals surface area contributed by atoms with Gasteiger partial charge in [0.25, 0.3) is 0 Å². The molecule has 0 fully saturated rings. The number of carbonyl (C=O) groups is 5. The molecule has 2 aliphatic rings. The molecule has 2 unspecified atom stereocenters. The highest BCUT2D eigenvalue weighted by Crippen LogP contribution is 2.29. The minimum absolute atomic E-state index is 0.00624. The molecule has 0 spiro atoms. The first kappa shape index (κ1) is 36.4. The number of alkyl carbamates (subject to hydrolysis) is 2. The predicted octanol–water partition coefficient (Wildman–Crippen LogP) is 3.84. The van der Waals surface area contributed by atoms with E-state index >= 15 is 0 Å². The molecule has 260 valence electrons. The molecule has 0 aromatic heterocycles. The molecule has 0 radical (unpaired) electrons. The molecule has 49 heavy (non-hydrogen) atoms. The number of rotatable bonds is 14. The van der Waals surface area contributed by atoms with Gasteiger partial charge in [-0.05, 0) is 79.8 Å². The molecule has 3 N–H and O–H groups in total. The first-order valence-corrected chi connectivity index (χ1v) is 16.0. The summed E-state index contributed by atoms with van der Waals surface area (Å²) in [5.41, 5.74) is 1.30. The number of phenolic OH excluding ortho intramolecular Hbond substituents is 1. The summed E-state index contributed by atoms with van der Waals surface area (Å²) in [4.78, 5) is 62.4. The van der Waals surface area contributed by atoms with Crippen LogP contribution in [0.15, 0.2) is 66.8 Å². The third-order valence-electron chi connectivity index (χ3n) is 7.81. The molecule has 2 aromatic carbocycles. The average Bonchev–Trinajstić information content (AvgIpc) is 3.38. The fourth-order valence-corrected chi connectivity index (χ4v) is 5.52. The Hall–Kier alpha value is -5.39. The van der Waals surface area contributed by atoms with Gasteiger partial charge in [0, 0.05) is 24.1 Å². The van der Waals surface area contributed by atoms with E-state index < -0.39 is 48.2 Å². The number of carbonyl (C=O) groups excluding carboxylic acids is 5. The Morgan fingerprint density at radius 1 is 0.939 bits per heavy atom. The lowest BCUT2D eigenvalue weighted by atomic mass is 9.91. The van der Waals surface area contributed by atoms with Crippen LogP contribution in [0.5, 0.6) is 5.75 Å². The first-order valence-electron chi connectivity index (χ1n) is 16.0. The number of unbranched alkanes of at least 4 members (excludes halogenated alkanes) is 1. The predicted molar refractivity (Wildman–Crippen MR) is 180 cm³/mol. The van der Waals surface area contributed by atoms with E-state index in [1.807, 2.05) is 36.4 Å². The highest BCUT2D eigenvalue weighted by Gasteiger charge is 2.26. The first-order chi connectivity index (χ1) is 23.4. The van der Waals surface area contributed by atoms with Gasteiger partial charge in [0.05, 0.1) is 13.5 Å². The van der Waals surface area contributed by atoms with Gasteiger partial charge >= 0.3 is 24.1 Å². The van der Waals surface area contributed by atoms with Crippen LogP contribution in [0.3, 0.4) is 0 Å². The quantitative estimate of drug-likeness (QED) is 0.116. The molecule has 12 heteroatoms. The second-order valence-corrected chi connectivity index (χ2v) is 12.6. The van der Waals surface area contributed by atoms with Crippen LogP contribution in [-0.4, -0.2) is 73.5 Å². The molecular weight excluding hydrogens is 632 g/mol. The van der Waals surface area contributed by atoms with Gasteiger partial charge in [0.2, 0.25) is 0 Å².